The normalized spacial score (nSPS) is 10.5. The van der Waals surface area contributed by atoms with Gasteiger partial charge in [-0.1, -0.05) is 18.2 Å². The third-order valence-electron chi connectivity index (χ3n) is 3.35. The number of carbonyl (C=O) groups is 1. The number of rotatable bonds is 7. The summed E-state index contributed by atoms with van der Waals surface area (Å²) in [5.74, 6) is -0.183. The first-order valence-corrected chi connectivity index (χ1v) is 8.69. The Morgan fingerprint density at radius 1 is 1.38 bits per heavy atom. The molecule has 2 aromatic rings. The summed E-state index contributed by atoms with van der Waals surface area (Å²) in [6.45, 7) is 0.637. The van der Waals surface area contributed by atoms with Crippen molar-refractivity contribution < 1.29 is 23.0 Å². The first kappa shape index (κ1) is 19.7. The molecule has 0 bridgehead atoms. The maximum atomic E-state index is 12.5. The molecule has 0 unspecified atom stereocenters. The van der Waals surface area contributed by atoms with E-state index in [9.17, 15) is 18.8 Å². The van der Waals surface area contributed by atoms with Crippen LogP contribution in [0.4, 0.5) is 8.78 Å². The lowest BCUT2D eigenvalue weighted by Crippen LogP contribution is -2.09. The molecule has 5 nitrogen and oxygen atoms in total. The van der Waals surface area contributed by atoms with Gasteiger partial charge in [0.05, 0.1) is 23.4 Å². The molecular weight excluding hydrogens is 362 g/mol. The monoisotopic (exact) mass is 378 g/mol. The summed E-state index contributed by atoms with van der Waals surface area (Å²) in [4.78, 5) is 16.2. The molecule has 1 heterocycles. The summed E-state index contributed by atoms with van der Waals surface area (Å²) < 4.78 is 34.4. The van der Waals surface area contributed by atoms with E-state index in [-0.39, 0.29) is 29.2 Å². The number of para-hydroxylation sites is 1. The molecule has 0 amide bonds. The molecular formula is C18H16F2N2O3S. The third kappa shape index (κ3) is 4.92. The Hall–Kier alpha value is -2.66. The largest absolute Gasteiger partial charge is 0.462 e. The molecule has 136 valence electrons. The van der Waals surface area contributed by atoms with E-state index in [2.05, 4.69) is 9.72 Å². The topological polar surface area (TPSA) is 72.2 Å². The van der Waals surface area contributed by atoms with Crippen molar-refractivity contribution >= 4 is 17.7 Å². The van der Waals surface area contributed by atoms with Crippen molar-refractivity contribution in [2.24, 2.45) is 0 Å². The standard InChI is InChI=1S/C18H16F2N2O3S/c1-3-24-17(23)14-8-13(9-21)16(22-11(14)2)26-10-12-6-4-5-7-15(12)25-18(19)20/h4-8,18H,3,10H2,1-2H3. The number of esters is 1. The van der Waals surface area contributed by atoms with E-state index in [0.717, 1.165) is 0 Å². The summed E-state index contributed by atoms with van der Waals surface area (Å²) in [6.07, 6.45) is 0. The molecule has 0 atom stereocenters. The zero-order valence-corrected chi connectivity index (χ0v) is 15.0. The average molecular weight is 378 g/mol. The Morgan fingerprint density at radius 2 is 2.12 bits per heavy atom. The number of halogens is 2. The number of ether oxygens (including phenoxy) is 2. The number of alkyl halides is 2. The van der Waals surface area contributed by atoms with Crippen molar-refractivity contribution in [2.75, 3.05) is 6.61 Å². The van der Waals surface area contributed by atoms with Gasteiger partial charge >= 0.3 is 12.6 Å². The van der Waals surface area contributed by atoms with Gasteiger partial charge in [-0.2, -0.15) is 14.0 Å². The summed E-state index contributed by atoms with van der Waals surface area (Å²) in [6, 6.07) is 9.86. The summed E-state index contributed by atoms with van der Waals surface area (Å²) in [5.41, 5.74) is 1.43. The van der Waals surface area contributed by atoms with Gasteiger partial charge in [-0.25, -0.2) is 9.78 Å². The highest BCUT2D eigenvalue weighted by Gasteiger charge is 2.17. The fourth-order valence-corrected chi connectivity index (χ4v) is 3.16. The second-order valence-electron chi connectivity index (χ2n) is 5.08. The Kier molecular flexibility index (Phi) is 6.92. The fourth-order valence-electron chi connectivity index (χ4n) is 2.17. The minimum absolute atomic E-state index is 0.0772. The Morgan fingerprint density at radius 3 is 2.77 bits per heavy atom. The number of carbonyl (C=O) groups excluding carboxylic acids is 1. The van der Waals surface area contributed by atoms with Crippen molar-refractivity contribution in [3.8, 4) is 11.8 Å². The molecule has 26 heavy (non-hydrogen) atoms. The lowest BCUT2D eigenvalue weighted by Gasteiger charge is -2.12. The van der Waals surface area contributed by atoms with Crippen LogP contribution in [0.1, 0.15) is 34.1 Å². The number of aryl methyl sites for hydroxylation is 1. The van der Waals surface area contributed by atoms with Crippen LogP contribution in [0.25, 0.3) is 0 Å². The zero-order chi connectivity index (χ0) is 19.1. The fraction of sp³-hybridized carbons (Fsp3) is 0.278. The summed E-state index contributed by atoms with van der Waals surface area (Å²) in [7, 11) is 0. The lowest BCUT2D eigenvalue weighted by molar-refractivity contribution is -0.0503. The number of nitriles is 1. The van der Waals surface area contributed by atoms with Gasteiger partial charge in [0.1, 0.15) is 16.8 Å². The van der Waals surface area contributed by atoms with E-state index in [1.165, 1.54) is 23.9 Å². The van der Waals surface area contributed by atoms with Crippen molar-refractivity contribution in [3.05, 3.63) is 52.7 Å². The van der Waals surface area contributed by atoms with Crippen LogP contribution in [0.15, 0.2) is 35.4 Å². The van der Waals surface area contributed by atoms with Gasteiger partial charge in [0.25, 0.3) is 0 Å². The first-order chi connectivity index (χ1) is 12.5. The predicted molar refractivity (Wildman–Crippen MR) is 92.3 cm³/mol. The Bertz CT molecular complexity index is 838. The molecule has 0 aliphatic carbocycles. The summed E-state index contributed by atoms with van der Waals surface area (Å²) in [5, 5.41) is 9.74. The average Bonchev–Trinajstić information content (AvgIpc) is 2.60. The van der Waals surface area contributed by atoms with Crippen molar-refractivity contribution in [1.82, 2.24) is 4.98 Å². The molecule has 0 fully saturated rings. The van der Waals surface area contributed by atoms with Crippen LogP contribution < -0.4 is 4.74 Å². The third-order valence-corrected chi connectivity index (χ3v) is 4.39. The number of hydrogen-bond acceptors (Lipinski definition) is 6. The molecule has 0 spiro atoms. The second kappa shape index (κ2) is 9.15. The van der Waals surface area contributed by atoms with Crippen molar-refractivity contribution in [2.45, 2.75) is 31.2 Å². The zero-order valence-electron chi connectivity index (χ0n) is 14.2. The van der Waals surface area contributed by atoms with Gasteiger partial charge in [0, 0.05) is 11.3 Å². The van der Waals surface area contributed by atoms with Crippen LogP contribution in [0.5, 0.6) is 5.75 Å². The molecule has 0 radical (unpaired) electrons. The van der Waals surface area contributed by atoms with Crippen LogP contribution in [0, 0.1) is 18.3 Å². The number of pyridine rings is 1. The van der Waals surface area contributed by atoms with E-state index < -0.39 is 12.6 Å². The van der Waals surface area contributed by atoms with Gasteiger partial charge in [0.2, 0.25) is 0 Å². The van der Waals surface area contributed by atoms with Crippen molar-refractivity contribution in [3.63, 3.8) is 0 Å². The van der Waals surface area contributed by atoms with E-state index in [1.807, 2.05) is 6.07 Å². The van der Waals surface area contributed by atoms with Crippen LogP contribution in [-0.4, -0.2) is 24.2 Å². The molecule has 0 saturated carbocycles. The molecule has 0 aliphatic rings. The van der Waals surface area contributed by atoms with Crippen molar-refractivity contribution in [1.29, 1.82) is 5.26 Å². The van der Waals surface area contributed by atoms with Gasteiger partial charge in [-0.05, 0) is 26.0 Å². The quantitative estimate of drug-likeness (QED) is 0.527. The lowest BCUT2D eigenvalue weighted by atomic mass is 10.1. The van der Waals surface area contributed by atoms with Gasteiger partial charge in [0.15, 0.2) is 0 Å². The predicted octanol–water partition coefficient (Wildman–Crippen LogP) is 4.33. The Labute approximate surface area is 153 Å². The van der Waals surface area contributed by atoms with Crippen LogP contribution >= 0.6 is 11.8 Å². The smallest absolute Gasteiger partial charge is 0.387 e. The highest BCUT2D eigenvalue weighted by atomic mass is 32.2. The maximum Gasteiger partial charge on any atom is 0.387 e. The summed E-state index contributed by atoms with van der Waals surface area (Å²) >= 11 is 1.20. The molecule has 2 rings (SSSR count). The van der Waals surface area contributed by atoms with Crippen LogP contribution in [0.2, 0.25) is 0 Å². The van der Waals surface area contributed by atoms with E-state index >= 15 is 0 Å². The first-order valence-electron chi connectivity index (χ1n) is 7.70. The van der Waals surface area contributed by atoms with Gasteiger partial charge in [-0.3, -0.25) is 0 Å². The molecule has 1 aromatic carbocycles. The SMILES string of the molecule is CCOC(=O)c1cc(C#N)c(SCc2ccccc2OC(F)F)nc1C. The molecule has 0 N–H and O–H groups in total. The molecule has 1 aromatic heterocycles. The Balaban J connectivity index is 2.24. The van der Waals surface area contributed by atoms with Crippen LogP contribution in [-0.2, 0) is 10.5 Å². The molecule has 0 saturated heterocycles. The van der Waals surface area contributed by atoms with Gasteiger partial charge < -0.3 is 9.47 Å². The number of aromatic nitrogens is 1. The molecule has 8 heteroatoms. The minimum Gasteiger partial charge on any atom is -0.462 e. The van der Waals surface area contributed by atoms with E-state index in [4.69, 9.17) is 4.74 Å². The highest BCUT2D eigenvalue weighted by Crippen LogP contribution is 2.30. The highest BCUT2D eigenvalue weighted by molar-refractivity contribution is 7.98. The number of thioether (sulfide) groups is 1. The number of benzene rings is 1. The molecule has 0 aliphatic heterocycles. The number of hydrogen-bond donors (Lipinski definition) is 0. The van der Waals surface area contributed by atoms with E-state index in [1.54, 1.807) is 32.0 Å². The maximum absolute atomic E-state index is 12.5. The van der Waals surface area contributed by atoms with Gasteiger partial charge in [-0.15, -0.1) is 11.8 Å². The number of nitrogens with zero attached hydrogens (tertiary/aromatic N) is 2. The minimum atomic E-state index is -2.92. The second-order valence-corrected chi connectivity index (χ2v) is 6.05. The van der Waals surface area contributed by atoms with Crippen LogP contribution in [0.3, 0.4) is 0 Å². The van der Waals surface area contributed by atoms with E-state index in [0.29, 0.717) is 16.3 Å².